The van der Waals surface area contributed by atoms with Crippen LogP contribution < -0.4 is 0 Å². The van der Waals surface area contributed by atoms with Crippen LogP contribution in [0.15, 0.2) is 24.3 Å². The van der Waals surface area contributed by atoms with E-state index in [-0.39, 0.29) is 5.78 Å². The fourth-order valence-electron chi connectivity index (χ4n) is 1.45. The van der Waals surface area contributed by atoms with Gasteiger partial charge in [-0.05, 0) is 31.2 Å². The molecule has 0 saturated carbocycles. The zero-order chi connectivity index (χ0) is 14.1. The van der Waals surface area contributed by atoms with Crippen LogP contribution in [0.25, 0.3) is 0 Å². The summed E-state index contributed by atoms with van der Waals surface area (Å²) in [5.41, 5.74) is 0.595. The number of methoxy groups -OCH3 is 1. The van der Waals surface area contributed by atoms with E-state index < -0.39 is 6.10 Å². The number of hydrogen-bond acceptors (Lipinski definition) is 4. The van der Waals surface area contributed by atoms with Crippen LogP contribution >= 0.6 is 11.6 Å². The summed E-state index contributed by atoms with van der Waals surface area (Å²) in [5.74, 6) is -0.0615. The summed E-state index contributed by atoms with van der Waals surface area (Å²) < 4.78 is 15.5. The Hall–Kier alpha value is -0.940. The number of hydrogen-bond donors (Lipinski definition) is 0. The van der Waals surface area contributed by atoms with E-state index in [4.69, 9.17) is 25.8 Å². The van der Waals surface area contributed by atoms with Gasteiger partial charge in [-0.25, -0.2) is 0 Å². The maximum absolute atomic E-state index is 12.0. The first-order valence-corrected chi connectivity index (χ1v) is 6.51. The van der Waals surface area contributed by atoms with E-state index in [0.29, 0.717) is 37.0 Å². The summed E-state index contributed by atoms with van der Waals surface area (Å²) in [7, 11) is 1.62. The molecule has 0 aliphatic rings. The van der Waals surface area contributed by atoms with E-state index in [1.807, 2.05) is 0 Å². The molecule has 0 spiro atoms. The Kier molecular flexibility index (Phi) is 7.67. The van der Waals surface area contributed by atoms with Gasteiger partial charge in [0.1, 0.15) is 6.10 Å². The van der Waals surface area contributed by atoms with Crippen molar-refractivity contribution in [2.75, 3.05) is 33.5 Å². The van der Waals surface area contributed by atoms with Crippen LogP contribution in [-0.2, 0) is 14.2 Å². The van der Waals surface area contributed by atoms with Crippen molar-refractivity contribution in [2.45, 2.75) is 13.0 Å². The van der Waals surface area contributed by atoms with Gasteiger partial charge in [-0.2, -0.15) is 0 Å². The topological polar surface area (TPSA) is 44.8 Å². The third kappa shape index (κ3) is 6.16. The zero-order valence-corrected chi connectivity index (χ0v) is 12.0. The van der Waals surface area contributed by atoms with Gasteiger partial charge >= 0.3 is 0 Å². The smallest absolute Gasteiger partial charge is 0.191 e. The van der Waals surface area contributed by atoms with Crippen LogP contribution in [-0.4, -0.2) is 45.4 Å². The minimum atomic E-state index is -0.493. The van der Waals surface area contributed by atoms with Gasteiger partial charge in [-0.15, -0.1) is 0 Å². The van der Waals surface area contributed by atoms with Crippen molar-refractivity contribution in [1.29, 1.82) is 0 Å². The predicted octanol–water partition coefficient (Wildman–Crippen LogP) is 2.59. The van der Waals surface area contributed by atoms with E-state index in [1.54, 1.807) is 38.3 Å². The molecule has 5 heteroatoms. The number of ketones is 1. The van der Waals surface area contributed by atoms with Gasteiger partial charge in [0.2, 0.25) is 0 Å². The maximum atomic E-state index is 12.0. The molecule has 0 bridgehead atoms. The second-order valence-electron chi connectivity index (χ2n) is 3.99. The summed E-state index contributed by atoms with van der Waals surface area (Å²) in [6.07, 6.45) is -0.493. The van der Waals surface area contributed by atoms with E-state index in [1.165, 1.54) is 0 Å². The van der Waals surface area contributed by atoms with E-state index in [0.717, 1.165) is 0 Å². The average molecular weight is 287 g/mol. The predicted molar refractivity (Wildman–Crippen MR) is 73.9 cm³/mol. The Morgan fingerprint density at radius 3 is 2.42 bits per heavy atom. The largest absolute Gasteiger partial charge is 0.382 e. The maximum Gasteiger partial charge on any atom is 0.191 e. The number of ether oxygens (including phenoxy) is 3. The summed E-state index contributed by atoms with van der Waals surface area (Å²) in [6, 6.07) is 6.77. The molecule has 1 aromatic rings. The molecule has 19 heavy (non-hydrogen) atoms. The Morgan fingerprint density at radius 2 is 1.79 bits per heavy atom. The van der Waals surface area contributed by atoms with Crippen molar-refractivity contribution >= 4 is 17.4 Å². The van der Waals surface area contributed by atoms with Crippen molar-refractivity contribution in [1.82, 2.24) is 0 Å². The minimum absolute atomic E-state index is 0.0615. The molecule has 0 heterocycles. The lowest BCUT2D eigenvalue weighted by Crippen LogP contribution is -2.23. The molecule has 0 fully saturated rings. The molecule has 1 rings (SSSR count). The number of benzene rings is 1. The molecular formula is C14H19ClO4. The lowest BCUT2D eigenvalue weighted by molar-refractivity contribution is 0.00355. The van der Waals surface area contributed by atoms with Crippen molar-refractivity contribution in [3.63, 3.8) is 0 Å². The van der Waals surface area contributed by atoms with Gasteiger partial charge in [0, 0.05) is 17.7 Å². The monoisotopic (exact) mass is 286 g/mol. The number of Topliss-reactive ketones (excluding diaryl/α,β-unsaturated/α-hetero) is 1. The summed E-state index contributed by atoms with van der Waals surface area (Å²) >= 11 is 5.77. The molecule has 0 amide bonds. The zero-order valence-electron chi connectivity index (χ0n) is 11.2. The molecule has 0 aromatic heterocycles. The fraction of sp³-hybridized carbons (Fsp3) is 0.500. The summed E-state index contributed by atoms with van der Waals surface area (Å²) in [5, 5.41) is 0.608. The van der Waals surface area contributed by atoms with Crippen molar-refractivity contribution in [3.05, 3.63) is 34.9 Å². The van der Waals surface area contributed by atoms with Crippen molar-refractivity contribution in [3.8, 4) is 0 Å². The van der Waals surface area contributed by atoms with Crippen LogP contribution in [0.1, 0.15) is 17.3 Å². The molecule has 0 N–H and O–H groups in total. The highest BCUT2D eigenvalue weighted by atomic mass is 35.5. The Bertz CT molecular complexity index is 378. The molecule has 4 nitrogen and oxygen atoms in total. The van der Waals surface area contributed by atoms with Crippen LogP contribution in [0.5, 0.6) is 0 Å². The first kappa shape index (κ1) is 16.1. The Morgan fingerprint density at radius 1 is 1.16 bits per heavy atom. The molecule has 1 unspecified atom stereocenters. The third-order valence-corrected chi connectivity index (χ3v) is 2.78. The second kappa shape index (κ2) is 9.04. The van der Waals surface area contributed by atoms with Crippen molar-refractivity contribution in [2.24, 2.45) is 0 Å². The first-order valence-electron chi connectivity index (χ1n) is 6.13. The molecule has 0 aliphatic heterocycles. The standard InChI is InChI=1S/C14H19ClO4/c1-11(19-10-9-18-8-7-17-2)14(16)12-3-5-13(15)6-4-12/h3-6,11H,7-10H2,1-2H3. The Labute approximate surface area is 118 Å². The van der Waals surface area contributed by atoms with Gasteiger partial charge in [-0.3, -0.25) is 4.79 Å². The van der Waals surface area contributed by atoms with Gasteiger partial charge in [0.25, 0.3) is 0 Å². The summed E-state index contributed by atoms with van der Waals surface area (Å²) in [6.45, 7) is 3.64. The highest BCUT2D eigenvalue weighted by Crippen LogP contribution is 2.12. The first-order chi connectivity index (χ1) is 9.15. The van der Waals surface area contributed by atoms with Crippen molar-refractivity contribution < 1.29 is 19.0 Å². The molecular weight excluding hydrogens is 268 g/mol. The van der Waals surface area contributed by atoms with Crippen LogP contribution in [0.2, 0.25) is 5.02 Å². The van der Waals surface area contributed by atoms with Gasteiger partial charge in [0.05, 0.1) is 26.4 Å². The van der Waals surface area contributed by atoms with E-state index >= 15 is 0 Å². The quantitative estimate of drug-likeness (QED) is 0.517. The molecule has 1 aromatic carbocycles. The van der Waals surface area contributed by atoms with Gasteiger partial charge < -0.3 is 14.2 Å². The Balaban J connectivity index is 2.27. The molecule has 106 valence electrons. The number of carbonyl (C=O) groups is 1. The second-order valence-corrected chi connectivity index (χ2v) is 4.43. The molecule has 0 radical (unpaired) electrons. The third-order valence-electron chi connectivity index (χ3n) is 2.53. The number of halogens is 1. The molecule has 0 aliphatic carbocycles. The number of carbonyl (C=O) groups excluding carboxylic acids is 1. The van der Waals surface area contributed by atoms with E-state index in [2.05, 4.69) is 0 Å². The highest BCUT2D eigenvalue weighted by molar-refractivity contribution is 6.30. The normalized spacial score (nSPS) is 12.4. The lowest BCUT2D eigenvalue weighted by Gasteiger charge is -2.12. The lowest BCUT2D eigenvalue weighted by atomic mass is 10.1. The molecule has 1 atom stereocenters. The molecule has 0 saturated heterocycles. The van der Waals surface area contributed by atoms with E-state index in [9.17, 15) is 4.79 Å². The van der Waals surface area contributed by atoms with Crippen LogP contribution in [0.4, 0.5) is 0 Å². The van der Waals surface area contributed by atoms with Crippen LogP contribution in [0, 0.1) is 0 Å². The van der Waals surface area contributed by atoms with Gasteiger partial charge in [-0.1, -0.05) is 11.6 Å². The highest BCUT2D eigenvalue weighted by Gasteiger charge is 2.15. The summed E-state index contributed by atoms with van der Waals surface area (Å²) in [4.78, 5) is 12.0. The van der Waals surface area contributed by atoms with Crippen LogP contribution in [0.3, 0.4) is 0 Å². The van der Waals surface area contributed by atoms with Gasteiger partial charge in [0.15, 0.2) is 5.78 Å². The fourth-order valence-corrected chi connectivity index (χ4v) is 1.58. The SMILES string of the molecule is COCCOCCOC(C)C(=O)c1ccc(Cl)cc1. The minimum Gasteiger partial charge on any atom is -0.382 e. The number of rotatable bonds is 9. The average Bonchev–Trinajstić information content (AvgIpc) is 2.42.